The van der Waals surface area contributed by atoms with Crippen LogP contribution in [0.5, 0.6) is 0 Å². The Labute approximate surface area is 126 Å². The summed E-state index contributed by atoms with van der Waals surface area (Å²) < 4.78 is 38.0. The fourth-order valence-electron chi connectivity index (χ4n) is 2.43. The van der Waals surface area contributed by atoms with Gasteiger partial charge in [0, 0.05) is 32.5 Å². The summed E-state index contributed by atoms with van der Waals surface area (Å²) in [5, 5.41) is 12.2. The van der Waals surface area contributed by atoms with Gasteiger partial charge in [-0.15, -0.1) is 0 Å². The second-order valence-corrected chi connectivity index (χ2v) is 5.48. The summed E-state index contributed by atoms with van der Waals surface area (Å²) >= 11 is 0. The molecule has 1 heterocycles. The Morgan fingerprint density at radius 1 is 1.23 bits per heavy atom. The van der Waals surface area contributed by atoms with E-state index in [2.05, 4.69) is 5.32 Å². The lowest BCUT2D eigenvalue weighted by Gasteiger charge is -2.39. The Balaban J connectivity index is 1.76. The van der Waals surface area contributed by atoms with E-state index in [9.17, 15) is 23.1 Å². The van der Waals surface area contributed by atoms with Crippen LogP contribution >= 0.6 is 0 Å². The van der Waals surface area contributed by atoms with E-state index in [0.29, 0.717) is 13.0 Å². The van der Waals surface area contributed by atoms with Crippen LogP contribution in [-0.4, -0.2) is 47.4 Å². The van der Waals surface area contributed by atoms with Crippen molar-refractivity contribution >= 4 is 6.03 Å². The van der Waals surface area contributed by atoms with Crippen molar-refractivity contribution in [1.29, 1.82) is 0 Å². The minimum atomic E-state index is -4.65. The number of urea groups is 1. The molecule has 0 radical (unpaired) electrons. The molecule has 1 aliphatic heterocycles. The molecule has 2 N–H and O–H groups in total. The lowest BCUT2D eigenvalue weighted by atomic mass is 9.91. The minimum Gasteiger partial charge on any atom is -0.380 e. The van der Waals surface area contributed by atoms with Gasteiger partial charge in [0.1, 0.15) is 0 Å². The first-order chi connectivity index (χ1) is 10.3. The molecule has 122 valence electrons. The first kappa shape index (κ1) is 16.6. The molecule has 0 aliphatic carbocycles. The molecular formula is C15H19F3N2O2. The molecule has 0 bridgehead atoms. The van der Waals surface area contributed by atoms with Crippen LogP contribution in [0.2, 0.25) is 0 Å². The molecule has 0 unspecified atom stereocenters. The Morgan fingerprint density at radius 2 is 1.82 bits per heavy atom. The third-order valence-electron chi connectivity index (χ3n) is 3.94. The monoisotopic (exact) mass is 316 g/mol. The topological polar surface area (TPSA) is 52.6 Å². The van der Waals surface area contributed by atoms with Crippen molar-refractivity contribution in [2.45, 2.75) is 31.0 Å². The van der Waals surface area contributed by atoms with Gasteiger partial charge < -0.3 is 15.3 Å². The summed E-state index contributed by atoms with van der Waals surface area (Å²) in [6.45, 7) is 0.212. The summed E-state index contributed by atoms with van der Waals surface area (Å²) in [4.78, 5) is 13.2. The molecule has 0 atom stereocenters. The Kier molecular flexibility index (Phi) is 4.95. The van der Waals surface area contributed by atoms with Crippen LogP contribution in [0, 0.1) is 0 Å². The van der Waals surface area contributed by atoms with E-state index in [1.165, 1.54) is 4.90 Å². The van der Waals surface area contributed by atoms with E-state index in [4.69, 9.17) is 0 Å². The van der Waals surface area contributed by atoms with Gasteiger partial charge in [0.15, 0.2) is 5.60 Å². The Hall–Kier alpha value is -1.76. The van der Waals surface area contributed by atoms with Gasteiger partial charge in [0.25, 0.3) is 0 Å². The molecule has 4 nitrogen and oxygen atoms in total. The molecule has 2 rings (SSSR count). The van der Waals surface area contributed by atoms with Gasteiger partial charge in [-0.25, -0.2) is 4.79 Å². The molecule has 0 spiro atoms. The first-order valence-electron chi connectivity index (χ1n) is 7.18. The Bertz CT molecular complexity index is 497. The number of hydrogen-bond acceptors (Lipinski definition) is 2. The number of piperidine rings is 1. The number of nitrogens with zero attached hydrogens (tertiary/aromatic N) is 1. The zero-order valence-electron chi connectivity index (χ0n) is 12.1. The molecule has 2 amide bonds. The van der Waals surface area contributed by atoms with Crippen LogP contribution in [0.25, 0.3) is 0 Å². The standard InChI is InChI=1S/C15H19F3N2O2/c16-15(17,18)14(22)7-10-20(11-8-14)13(21)19-9-6-12-4-2-1-3-5-12/h1-5,22H,6-11H2,(H,19,21). The lowest BCUT2D eigenvalue weighted by Crippen LogP contribution is -2.55. The van der Waals surface area contributed by atoms with Crippen molar-refractivity contribution in [2.24, 2.45) is 0 Å². The summed E-state index contributed by atoms with van der Waals surface area (Å²) in [7, 11) is 0. The maximum atomic E-state index is 12.7. The molecule has 1 fully saturated rings. The first-order valence-corrected chi connectivity index (χ1v) is 7.18. The lowest BCUT2D eigenvalue weighted by molar-refractivity contribution is -0.271. The second kappa shape index (κ2) is 6.56. The Morgan fingerprint density at radius 3 is 2.36 bits per heavy atom. The number of likely N-dealkylation sites (tertiary alicyclic amines) is 1. The van der Waals surface area contributed by atoms with Crippen molar-refractivity contribution in [3.05, 3.63) is 35.9 Å². The molecule has 0 saturated carbocycles. The molecule has 1 aliphatic rings. The van der Waals surface area contributed by atoms with E-state index in [1.807, 2.05) is 30.3 Å². The number of hydrogen-bond donors (Lipinski definition) is 2. The molecule has 22 heavy (non-hydrogen) atoms. The fourth-order valence-corrected chi connectivity index (χ4v) is 2.43. The van der Waals surface area contributed by atoms with E-state index in [0.717, 1.165) is 5.56 Å². The number of carbonyl (C=O) groups is 1. The highest BCUT2D eigenvalue weighted by molar-refractivity contribution is 5.74. The summed E-state index contributed by atoms with van der Waals surface area (Å²) in [6.07, 6.45) is -4.96. The fraction of sp³-hybridized carbons (Fsp3) is 0.533. The maximum Gasteiger partial charge on any atom is 0.417 e. The highest BCUT2D eigenvalue weighted by Gasteiger charge is 2.54. The van der Waals surface area contributed by atoms with Crippen molar-refractivity contribution < 1.29 is 23.1 Å². The third kappa shape index (κ3) is 3.91. The van der Waals surface area contributed by atoms with Gasteiger partial charge in [-0.2, -0.15) is 13.2 Å². The highest BCUT2D eigenvalue weighted by atomic mass is 19.4. The van der Waals surface area contributed by atoms with Gasteiger partial charge in [0.05, 0.1) is 0 Å². The van der Waals surface area contributed by atoms with Crippen molar-refractivity contribution in [3.8, 4) is 0 Å². The number of benzene rings is 1. The summed E-state index contributed by atoms with van der Waals surface area (Å²) in [6, 6.07) is 9.20. The number of alkyl halides is 3. The normalized spacial score (nSPS) is 18.1. The number of halogens is 3. The minimum absolute atomic E-state index is 0.104. The van der Waals surface area contributed by atoms with Crippen LogP contribution in [-0.2, 0) is 6.42 Å². The predicted octanol–water partition coefficient (Wildman–Crippen LogP) is 2.33. The van der Waals surface area contributed by atoms with Crippen LogP contribution in [0.15, 0.2) is 30.3 Å². The number of aliphatic hydroxyl groups is 1. The van der Waals surface area contributed by atoms with Crippen molar-refractivity contribution in [3.63, 3.8) is 0 Å². The molecule has 0 aromatic heterocycles. The number of amides is 2. The van der Waals surface area contributed by atoms with E-state index in [1.54, 1.807) is 0 Å². The number of nitrogens with one attached hydrogen (secondary N) is 1. The maximum absolute atomic E-state index is 12.7. The quantitative estimate of drug-likeness (QED) is 0.899. The predicted molar refractivity (Wildman–Crippen MR) is 75.4 cm³/mol. The molecule has 7 heteroatoms. The van der Waals surface area contributed by atoms with E-state index in [-0.39, 0.29) is 19.1 Å². The smallest absolute Gasteiger partial charge is 0.380 e. The summed E-state index contributed by atoms with van der Waals surface area (Å²) in [5.74, 6) is 0. The van der Waals surface area contributed by atoms with Crippen LogP contribution < -0.4 is 5.32 Å². The average Bonchev–Trinajstić information content (AvgIpc) is 2.48. The van der Waals surface area contributed by atoms with Crippen molar-refractivity contribution in [2.75, 3.05) is 19.6 Å². The van der Waals surface area contributed by atoms with E-state index < -0.39 is 24.6 Å². The van der Waals surface area contributed by atoms with Gasteiger partial charge in [-0.05, 0) is 12.0 Å². The zero-order chi connectivity index (χ0) is 16.2. The van der Waals surface area contributed by atoms with Crippen molar-refractivity contribution in [1.82, 2.24) is 10.2 Å². The van der Waals surface area contributed by atoms with Gasteiger partial charge >= 0.3 is 12.2 Å². The SMILES string of the molecule is O=C(NCCc1ccccc1)N1CCC(O)(C(F)(F)F)CC1. The highest BCUT2D eigenvalue weighted by Crippen LogP contribution is 2.38. The van der Waals surface area contributed by atoms with Crippen LogP contribution in [0.4, 0.5) is 18.0 Å². The largest absolute Gasteiger partial charge is 0.417 e. The number of rotatable bonds is 3. The molecule has 1 saturated heterocycles. The van der Waals surface area contributed by atoms with Gasteiger partial charge in [-0.3, -0.25) is 0 Å². The molecule has 1 aromatic rings. The van der Waals surface area contributed by atoms with Crippen LogP contribution in [0.1, 0.15) is 18.4 Å². The third-order valence-corrected chi connectivity index (χ3v) is 3.94. The average molecular weight is 316 g/mol. The second-order valence-electron chi connectivity index (χ2n) is 5.48. The van der Waals surface area contributed by atoms with Gasteiger partial charge in [0.2, 0.25) is 0 Å². The van der Waals surface area contributed by atoms with Crippen LogP contribution in [0.3, 0.4) is 0 Å². The van der Waals surface area contributed by atoms with Gasteiger partial charge in [-0.1, -0.05) is 30.3 Å². The number of carbonyl (C=O) groups excluding carboxylic acids is 1. The molecule has 1 aromatic carbocycles. The zero-order valence-corrected chi connectivity index (χ0v) is 12.1. The summed E-state index contributed by atoms with van der Waals surface area (Å²) in [5.41, 5.74) is -1.60. The van der Waals surface area contributed by atoms with E-state index >= 15 is 0 Å². The molecular weight excluding hydrogens is 297 g/mol.